The maximum atomic E-state index is 13.2. The van der Waals surface area contributed by atoms with Crippen molar-refractivity contribution in [3.05, 3.63) is 144 Å². The van der Waals surface area contributed by atoms with Crippen molar-refractivity contribution < 1.29 is 38.9 Å². The van der Waals surface area contributed by atoms with Gasteiger partial charge in [-0.2, -0.15) is 9.29 Å². The molecule has 2 saturated carbocycles. The van der Waals surface area contributed by atoms with Crippen LogP contribution in [0.3, 0.4) is 0 Å². The Kier molecular flexibility index (Phi) is 23.0. The van der Waals surface area contributed by atoms with E-state index in [2.05, 4.69) is 196 Å². The van der Waals surface area contributed by atoms with Crippen LogP contribution in [-0.2, 0) is 35.3 Å². The summed E-state index contributed by atoms with van der Waals surface area (Å²) in [7, 11) is 0. The zero-order valence-electron chi connectivity index (χ0n) is 66.5. The molecule has 596 valence electrons. The number of nitrogens with one attached hydrogen (secondary N) is 4. The predicted octanol–water partition coefficient (Wildman–Crippen LogP) is 8.68. The fraction of sp³-hybridized carbons (Fsp3) is 0.689. The lowest BCUT2D eigenvalue weighted by molar-refractivity contribution is -1.12. The van der Waals surface area contributed by atoms with E-state index in [9.17, 15) is 29.6 Å². The van der Waals surface area contributed by atoms with Crippen LogP contribution >= 0.6 is 0 Å². The first-order valence-electron chi connectivity index (χ1n) is 43.7. The first-order valence-corrected chi connectivity index (χ1v) is 43.7. The fourth-order valence-electron chi connectivity index (χ4n) is 25.8. The summed E-state index contributed by atoms with van der Waals surface area (Å²) >= 11 is 0. The Bertz CT molecular complexity index is 3700. The van der Waals surface area contributed by atoms with Crippen molar-refractivity contribution in [2.24, 2.45) is 70.0 Å². The predicted molar refractivity (Wildman–Crippen MR) is 429 cm³/mol. The van der Waals surface area contributed by atoms with E-state index >= 15 is 0 Å². The summed E-state index contributed by atoms with van der Waals surface area (Å²) in [6, 6.07) is 44.8. The van der Waals surface area contributed by atoms with Gasteiger partial charge in [0.05, 0.1) is 12.0 Å². The third-order valence-corrected chi connectivity index (χ3v) is 29.9. The van der Waals surface area contributed by atoms with E-state index in [0.29, 0.717) is 77.4 Å². The van der Waals surface area contributed by atoms with Crippen LogP contribution in [0.2, 0.25) is 0 Å². The highest BCUT2D eigenvalue weighted by atomic mass is 16.5. The summed E-state index contributed by atoms with van der Waals surface area (Å²) in [6.07, 6.45) is 18.1. The van der Waals surface area contributed by atoms with Crippen molar-refractivity contribution in [1.29, 1.82) is 0 Å². The van der Waals surface area contributed by atoms with Crippen molar-refractivity contribution in [2.45, 2.75) is 153 Å². The van der Waals surface area contributed by atoms with Crippen molar-refractivity contribution in [3.8, 4) is 0 Å². The first kappa shape index (κ1) is 76.6. The second-order valence-corrected chi connectivity index (χ2v) is 39.2. The lowest BCUT2D eigenvalue weighted by Crippen LogP contribution is -2.71. The van der Waals surface area contributed by atoms with Gasteiger partial charge in [0.2, 0.25) is 11.8 Å². The molecule has 18 saturated heterocycles. The highest BCUT2D eigenvalue weighted by molar-refractivity contribution is 5.81. The number of fused-ring (bicyclic) bond motifs is 2. The van der Waals surface area contributed by atoms with Crippen molar-refractivity contribution in [3.63, 3.8) is 0 Å². The number of carbonyl (C=O) groups excluding carboxylic acids is 4. The smallest absolute Gasteiger partial charge is 0.318 e. The summed E-state index contributed by atoms with van der Waals surface area (Å²) in [6.45, 7) is 31.1. The standard InChI is InChI=1S/C23H33N3O2.C23H33N3O.C22H32N4O2.C22H32N4O/c1-23-11-18-14-26(28,16-23)15-19(12-23)21(18)22(27)24-20-8-10-25(13-20)9-7-17-5-3-2-4-6-17;1-23-11-18-13-26(16-23)14-19(12-23)21(18)22(27)24-20-8-10-25(15-20)9-7-17-5-3-2-4-6-17;27-22(25-12-19-10-18-11-21(25)16-26(28,14-18)15-19)23-20-7-9-24(13-20)8-6-17-4-2-1-3-5-17;27-22(26-14-19-10-18-11-21(26)16-25(12-18)13-19)23-20-7-9-24(15-20)8-6-17-4-2-1-3-5-17/h2-6,18-21,28H,7-16H2,1H3;2-6,18-21H,7-16H2,1H3,(H,24,27);1-5,18-21,28H,6-16H2;1-5,18-21H,6-16H2,(H,23,27)/p+2/t18?,19?,20-,21?,23?,26?;18?,19?,20-,21?,23?;18?,19?,20-,21?,26?;18?,19?,20-,21?/m0000/s1. The molecule has 20 heteroatoms. The van der Waals surface area contributed by atoms with Crippen LogP contribution in [0.15, 0.2) is 121 Å². The van der Waals surface area contributed by atoms with Crippen LogP contribution in [0.25, 0.3) is 0 Å². The van der Waals surface area contributed by atoms with Crippen LogP contribution in [0.1, 0.15) is 113 Å². The molecule has 16 bridgehead atoms. The zero-order chi connectivity index (χ0) is 75.1. The Morgan fingerprint density at radius 2 is 0.773 bits per heavy atom. The van der Waals surface area contributed by atoms with E-state index in [4.69, 9.17) is 0 Å². The van der Waals surface area contributed by atoms with Crippen LogP contribution < -0.4 is 21.3 Å². The first-order chi connectivity index (χ1) is 53.3. The molecule has 12 unspecified atom stereocenters. The third-order valence-electron chi connectivity index (χ3n) is 29.9. The molecule has 16 atom stereocenters. The van der Waals surface area contributed by atoms with Crippen molar-refractivity contribution >= 4 is 23.9 Å². The maximum Gasteiger partial charge on any atom is 0.318 e. The molecule has 18 aliphatic heterocycles. The highest BCUT2D eigenvalue weighted by Crippen LogP contribution is 2.56. The average molecular weight is 1510 g/mol. The minimum atomic E-state index is 0.0981. The topological polar surface area (TPSA) is 183 Å². The number of benzene rings is 4. The van der Waals surface area contributed by atoms with Gasteiger partial charge in [0.1, 0.15) is 39.3 Å². The number of quaternary nitrogens is 2. The van der Waals surface area contributed by atoms with E-state index in [1.165, 1.54) is 74.0 Å². The van der Waals surface area contributed by atoms with Gasteiger partial charge >= 0.3 is 12.1 Å². The minimum Gasteiger partial charge on any atom is -0.352 e. The average Bonchev–Trinajstić information content (AvgIpc) is 1.01. The molecule has 24 rings (SSSR count). The summed E-state index contributed by atoms with van der Waals surface area (Å²) in [5.41, 5.74) is 6.27. The molecule has 0 radical (unpaired) electrons. The Hall–Kier alpha value is -6.04. The van der Waals surface area contributed by atoms with E-state index in [-0.39, 0.29) is 62.6 Å². The van der Waals surface area contributed by atoms with Crippen LogP contribution in [0.4, 0.5) is 9.59 Å². The second kappa shape index (κ2) is 33.1. The summed E-state index contributed by atoms with van der Waals surface area (Å²) in [4.78, 5) is 71.8. The molecule has 6 amide bonds. The second-order valence-electron chi connectivity index (χ2n) is 39.2. The number of amides is 6. The largest absolute Gasteiger partial charge is 0.352 e. The molecule has 4 aromatic rings. The van der Waals surface area contributed by atoms with Gasteiger partial charge < -0.3 is 60.5 Å². The molecule has 20 nitrogen and oxygen atoms in total. The van der Waals surface area contributed by atoms with Gasteiger partial charge in [-0.25, -0.2) is 20.0 Å². The summed E-state index contributed by atoms with van der Waals surface area (Å²) in [5, 5.41) is 35.2. The van der Waals surface area contributed by atoms with Gasteiger partial charge in [0.25, 0.3) is 0 Å². The van der Waals surface area contributed by atoms with Gasteiger partial charge in [0.15, 0.2) is 0 Å². The van der Waals surface area contributed by atoms with Gasteiger partial charge in [-0.3, -0.25) is 9.59 Å². The molecule has 4 aromatic carbocycles. The number of likely N-dealkylation sites (tertiary alicyclic amines) is 4. The van der Waals surface area contributed by atoms with E-state index in [0.717, 1.165) is 221 Å². The molecular weight excluding hydrogens is 1370 g/mol. The molecule has 110 heavy (non-hydrogen) atoms. The fourth-order valence-corrected chi connectivity index (χ4v) is 25.8. The van der Waals surface area contributed by atoms with Crippen LogP contribution in [0.5, 0.6) is 0 Å². The number of hydrogen-bond donors (Lipinski definition) is 6. The van der Waals surface area contributed by atoms with Gasteiger partial charge in [0, 0.05) is 196 Å². The molecule has 0 spiro atoms. The number of carbonyl (C=O) groups is 4. The number of hydroxylamine groups is 6. The zero-order valence-corrected chi connectivity index (χ0v) is 66.5. The molecule has 2 aliphatic carbocycles. The molecule has 0 aromatic heterocycles. The summed E-state index contributed by atoms with van der Waals surface area (Å²) < 4.78 is 0.410. The van der Waals surface area contributed by atoms with Crippen molar-refractivity contribution in [2.75, 3.05) is 170 Å². The van der Waals surface area contributed by atoms with E-state index < -0.39 is 0 Å². The molecular formula is C90H132N14O6+2. The van der Waals surface area contributed by atoms with E-state index in [1.54, 1.807) is 0 Å². The van der Waals surface area contributed by atoms with Gasteiger partial charge in [-0.1, -0.05) is 135 Å². The highest BCUT2D eigenvalue weighted by Gasteiger charge is 2.63. The number of nitrogens with zero attached hydrogens (tertiary/aromatic N) is 10. The monoisotopic (exact) mass is 1510 g/mol. The Labute approximate surface area is 656 Å². The Morgan fingerprint density at radius 1 is 0.382 bits per heavy atom. The van der Waals surface area contributed by atoms with Crippen LogP contribution in [0, 0.1) is 70.0 Å². The van der Waals surface area contributed by atoms with Gasteiger partial charge in [-0.15, -0.1) is 0 Å². The third kappa shape index (κ3) is 18.4. The SMILES string of the molecule is CC12CC3CN(CC(C1)C3C(=O)N[C@H]1CCN(CCc3ccccc3)C1)C2.CC12CC3C[N+](O)(CC(C1)C3C(=O)N[C@H]1CCN(CCc3ccccc3)C1)C2.O=C(N[C@H]1CCN(CCc2ccccc2)C1)N1CC2CC3CC1CN(C3)C2.O=C(N[C@H]1CCN(CCc2ccccc2)C1)N1CC2CC3CC1C[N+](O)(C3)C2. The molecule has 6 N–H and O–H groups in total. The number of hydrogen-bond acceptors (Lipinski definition) is 12. The Morgan fingerprint density at radius 3 is 1.21 bits per heavy atom. The molecule has 18 heterocycles. The maximum absolute atomic E-state index is 13.2. The van der Waals surface area contributed by atoms with Crippen LogP contribution in [-0.4, -0.2) is 289 Å². The van der Waals surface area contributed by atoms with E-state index in [1.807, 2.05) is 0 Å². The lowest BCUT2D eigenvalue weighted by Gasteiger charge is -2.60. The minimum absolute atomic E-state index is 0.0981. The van der Waals surface area contributed by atoms with Crippen molar-refractivity contribution in [1.82, 2.24) is 60.5 Å². The number of piperidine rings is 10. The number of rotatable bonds is 18. The van der Waals surface area contributed by atoms with Gasteiger partial charge in [-0.05, 0) is 154 Å². The number of urea groups is 2. The normalized spacial score (nSPS) is 38.8. The Balaban J connectivity index is 0.000000107. The summed E-state index contributed by atoms with van der Waals surface area (Å²) in [5.74, 6) is 5.44. The quantitative estimate of drug-likeness (QED) is 0.0523. The molecule has 20 aliphatic rings. The molecule has 20 fully saturated rings. The lowest BCUT2D eigenvalue weighted by atomic mass is 9.55.